The minimum atomic E-state index is -0.767. The number of hydrogen-bond acceptors (Lipinski definition) is 6. The van der Waals surface area contributed by atoms with Crippen LogP contribution < -0.4 is 10.4 Å². The molecule has 0 fully saturated rings. The topological polar surface area (TPSA) is 105 Å². The average molecular weight is 460 g/mol. The molecule has 2 aromatic heterocycles. The average Bonchev–Trinajstić information content (AvgIpc) is 3.11. The first kappa shape index (κ1) is 21.1. The number of benzene rings is 2. The SMILES string of the molecule is O=c1n(Cc2c(F)cccc2F)cnn1-c1ccc(Oc2ccnc(Cl)c2[N+](=O)[O-])cc1. The van der Waals surface area contributed by atoms with Gasteiger partial charge in [-0.05, 0) is 36.4 Å². The molecule has 4 rings (SSSR count). The summed E-state index contributed by atoms with van der Waals surface area (Å²) in [6.45, 7) is -0.328. The van der Waals surface area contributed by atoms with Crippen molar-refractivity contribution in [3.8, 4) is 17.2 Å². The Bertz CT molecular complexity index is 1350. The quantitative estimate of drug-likeness (QED) is 0.244. The van der Waals surface area contributed by atoms with Crippen LogP contribution in [-0.4, -0.2) is 24.3 Å². The van der Waals surface area contributed by atoms with Crippen LogP contribution in [0.3, 0.4) is 0 Å². The standard InChI is InChI=1S/C20H12ClF2N5O4/c21-19-18(28(30)31)17(8-9-24-19)32-13-6-4-12(5-7-13)27-20(29)26(11-25-27)10-14-15(22)2-1-3-16(14)23/h1-9,11H,10H2. The second kappa shape index (κ2) is 8.55. The van der Waals surface area contributed by atoms with E-state index in [0.717, 1.165) is 21.4 Å². The normalized spacial score (nSPS) is 10.8. The van der Waals surface area contributed by atoms with E-state index in [2.05, 4.69) is 10.1 Å². The lowest BCUT2D eigenvalue weighted by Gasteiger charge is -2.07. The van der Waals surface area contributed by atoms with Crippen LogP contribution >= 0.6 is 11.6 Å². The highest BCUT2D eigenvalue weighted by Gasteiger charge is 2.22. The van der Waals surface area contributed by atoms with Crippen LogP contribution in [0.25, 0.3) is 5.69 Å². The fourth-order valence-corrected chi connectivity index (χ4v) is 3.13. The van der Waals surface area contributed by atoms with Gasteiger partial charge in [0.25, 0.3) is 0 Å². The molecule has 0 saturated carbocycles. The zero-order chi connectivity index (χ0) is 22.8. The number of hydrogen-bond donors (Lipinski definition) is 0. The first-order chi connectivity index (χ1) is 15.3. The lowest BCUT2D eigenvalue weighted by atomic mass is 10.2. The molecule has 0 radical (unpaired) electrons. The summed E-state index contributed by atoms with van der Waals surface area (Å²) >= 11 is 5.76. The van der Waals surface area contributed by atoms with Crippen molar-refractivity contribution in [2.45, 2.75) is 6.54 Å². The van der Waals surface area contributed by atoms with Crippen molar-refractivity contribution in [2.75, 3.05) is 0 Å². The van der Waals surface area contributed by atoms with Gasteiger partial charge < -0.3 is 4.74 Å². The van der Waals surface area contributed by atoms with E-state index < -0.39 is 27.9 Å². The Morgan fingerprint density at radius 3 is 2.44 bits per heavy atom. The maximum absolute atomic E-state index is 13.9. The van der Waals surface area contributed by atoms with E-state index in [0.29, 0.717) is 5.69 Å². The Labute approximate surface area is 183 Å². The monoisotopic (exact) mass is 459 g/mol. The van der Waals surface area contributed by atoms with Crippen LogP contribution in [0, 0.1) is 21.7 Å². The summed E-state index contributed by atoms with van der Waals surface area (Å²) < 4.78 is 35.4. The molecule has 0 bridgehead atoms. The minimum absolute atomic E-state index is 0.101. The number of ether oxygens (including phenoxy) is 1. The van der Waals surface area contributed by atoms with Gasteiger partial charge >= 0.3 is 11.4 Å². The van der Waals surface area contributed by atoms with Crippen molar-refractivity contribution in [3.05, 3.63) is 104 Å². The Morgan fingerprint density at radius 1 is 1.09 bits per heavy atom. The van der Waals surface area contributed by atoms with Crippen LogP contribution in [0.4, 0.5) is 14.5 Å². The van der Waals surface area contributed by atoms with Gasteiger partial charge in [0.15, 0.2) is 0 Å². The van der Waals surface area contributed by atoms with E-state index in [1.807, 2.05) is 0 Å². The van der Waals surface area contributed by atoms with Crippen LogP contribution in [0.1, 0.15) is 5.56 Å². The number of aromatic nitrogens is 4. The van der Waals surface area contributed by atoms with Crippen LogP contribution in [0.5, 0.6) is 11.5 Å². The molecule has 0 saturated heterocycles. The summed E-state index contributed by atoms with van der Waals surface area (Å²) in [4.78, 5) is 26.8. The third-order valence-corrected chi connectivity index (χ3v) is 4.73. The molecular weight excluding hydrogens is 448 g/mol. The lowest BCUT2D eigenvalue weighted by molar-refractivity contribution is -0.385. The fraction of sp³-hybridized carbons (Fsp3) is 0.0500. The van der Waals surface area contributed by atoms with Gasteiger partial charge in [-0.3, -0.25) is 14.7 Å². The molecular formula is C20H12ClF2N5O4. The van der Waals surface area contributed by atoms with Crippen molar-refractivity contribution in [3.63, 3.8) is 0 Å². The molecule has 0 N–H and O–H groups in total. The van der Waals surface area contributed by atoms with Gasteiger partial charge in [0, 0.05) is 17.8 Å². The van der Waals surface area contributed by atoms with Crippen LogP contribution in [0.15, 0.2) is 65.8 Å². The summed E-state index contributed by atoms with van der Waals surface area (Å²) in [6.07, 6.45) is 2.44. The zero-order valence-electron chi connectivity index (χ0n) is 16.0. The molecule has 12 heteroatoms. The van der Waals surface area contributed by atoms with E-state index >= 15 is 0 Å². The molecule has 2 heterocycles. The third-order valence-electron chi connectivity index (χ3n) is 4.46. The summed E-state index contributed by atoms with van der Waals surface area (Å²) in [5.41, 5.74) is -1.00. The first-order valence-corrected chi connectivity index (χ1v) is 9.37. The molecule has 0 aliphatic rings. The molecule has 0 amide bonds. The number of nitrogens with zero attached hydrogens (tertiary/aromatic N) is 5. The maximum atomic E-state index is 13.9. The highest BCUT2D eigenvalue weighted by Crippen LogP contribution is 2.35. The van der Waals surface area contributed by atoms with Gasteiger partial charge in [0.05, 0.1) is 17.2 Å². The minimum Gasteiger partial charge on any atom is -0.450 e. The predicted molar refractivity (Wildman–Crippen MR) is 109 cm³/mol. The van der Waals surface area contributed by atoms with Crippen molar-refractivity contribution < 1.29 is 18.4 Å². The lowest BCUT2D eigenvalue weighted by Crippen LogP contribution is -2.24. The maximum Gasteiger partial charge on any atom is 0.350 e. The summed E-state index contributed by atoms with van der Waals surface area (Å²) in [5.74, 6) is -1.40. The predicted octanol–water partition coefficient (Wildman–Crippen LogP) is 4.11. The highest BCUT2D eigenvalue weighted by atomic mass is 35.5. The number of pyridine rings is 1. The molecule has 9 nitrogen and oxygen atoms in total. The van der Waals surface area contributed by atoms with E-state index in [9.17, 15) is 23.7 Å². The van der Waals surface area contributed by atoms with Gasteiger partial charge in [-0.1, -0.05) is 17.7 Å². The molecule has 32 heavy (non-hydrogen) atoms. The van der Waals surface area contributed by atoms with Gasteiger partial charge in [0.1, 0.15) is 23.7 Å². The fourth-order valence-electron chi connectivity index (χ4n) is 2.92. The molecule has 0 aliphatic carbocycles. The Morgan fingerprint density at radius 2 is 1.78 bits per heavy atom. The number of nitro groups is 1. The van der Waals surface area contributed by atoms with Gasteiger partial charge in [0.2, 0.25) is 10.9 Å². The molecule has 0 aliphatic heterocycles. The Hall–Kier alpha value is -4.12. The second-order valence-corrected chi connectivity index (χ2v) is 6.81. The molecule has 0 unspecified atom stereocenters. The summed E-state index contributed by atoms with van der Waals surface area (Å²) in [7, 11) is 0. The van der Waals surface area contributed by atoms with E-state index in [-0.39, 0.29) is 28.8 Å². The van der Waals surface area contributed by atoms with Crippen LogP contribution in [0.2, 0.25) is 5.15 Å². The zero-order valence-corrected chi connectivity index (χ0v) is 16.7. The van der Waals surface area contributed by atoms with E-state index in [1.54, 1.807) is 0 Å². The Kier molecular flexibility index (Phi) is 5.65. The van der Waals surface area contributed by atoms with Crippen molar-refractivity contribution in [1.82, 2.24) is 19.3 Å². The van der Waals surface area contributed by atoms with Crippen molar-refractivity contribution in [1.29, 1.82) is 0 Å². The second-order valence-electron chi connectivity index (χ2n) is 6.46. The Balaban J connectivity index is 1.58. The molecule has 162 valence electrons. The van der Waals surface area contributed by atoms with E-state index in [4.69, 9.17) is 16.3 Å². The van der Waals surface area contributed by atoms with Crippen molar-refractivity contribution in [2.24, 2.45) is 0 Å². The largest absolute Gasteiger partial charge is 0.450 e. The van der Waals surface area contributed by atoms with Gasteiger partial charge in [-0.2, -0.15) is 9.78 Å². The van der Waals surface area contributed by atoms with Gasteiger partial charge in [-0.25, -0.2) is 18.6 Å². The van der Waals surface area contributed by atoms with Crippen LogP contribution in [-0.2, 0) is 6.54 Å². The first-order valence-electron chi connectivity index (χ1n) is 8.99. The highest BCUT2D eigenvalue weighted by molar-refractivity contribution is 6.31. The number of halogens is 3. The van der Waals surface area contributed by atoms with Crippen molar-refractivity contribution >= 4 is 17.3 Å². The summed E-state index contributed by atoms with van der Waals surface area (Å²) in [5, 5.41) is 14.8. The molecule has 0 atom stereocenters. The number of rotatable bonds is 6. The van der Waals surface area contributed by atoms with E-state index in [1.165, 1.54) is 48.9 Å². The smallest absolute Gasteiger partial charge is 0.350 e. The molecule has 4 aromatic rings. The third kappa shape index (κ3) is 4.05. The van der Waals surface area contributed by atoms with Gasteiger partial charge in [-0.15, -0.1) is 0 Å². The molecule has 0 spiro atoms. The molecule has 2 aromatic carbocycles. The summed E-state index contributed by atoms with van der Waals surface area (Å²) in [6, 6.07) is 10.7.